The van der Waals surface area contributed by atoms with Crippen LogP contribution in [0.2, 0.25) is 0 Å². The normalized spacial score (nSPS) is 29.5. The highest BCUT2D eigenvalue weighted by Crippen LogP contribution is 2.31. The third kappa shape index (κ3) is 14.0. The van der Waals surface area contributed by atoms with Crippen LogP contribution in [0.3, 0.4) is 0 Å². The van der Waals surface area contributed by atoms with E-state index in [1.54, 1.807) is 0 Å². The lowest BCUT2D eigenvalue weighted by Gasteiger charge is -2.19. The van der Waals surface area contributed by atoms with Crippen molar-refractivity contribution in [2.75, 3.05) is 0 Å². The Morgan fingerprint density at radius 2 is 1.21 bits per heavy atom. The molecule has 5 rings (SSSR count). The highest BCUT2D eigenvalue weighted by atomic mass is 16.8. The molecular formula is C32H53NO6. The van der Waals surface area contributed by atoms with Gasteiger partial charge < -0.3 is 9.47 Å². The fraction of sp³-hybridized carbons (Fsp3) is 0.719. The molecule has 3 aliphatic carbocycles. The number of carbonyl (C=O) groups excluding carboxylic acids is 3. The van der Waals surface area contributed by atoms with Crippen LogP contribution in [0, 0.1) is 5.92 Å². The van der Waals surface area contributed by atoms with Crippen molar-refractivity contribution in [3.05, 3.63) is 36.5 Å². The minimum absolute atomic E-state index is 0. The van der Waals surface area contributed by atoms with Gasteiger partial charge in [0, 0.05) is 12.8 Å². The van der Waals surface area contributed by atoms with Crippen molar-refractivity contribution in [3.8, 4) is 0 Å². The molecule has 39 heavy (non-hydrogen) atoms. The first-order valence-electron chi connectivity index (χ1n) is 14.4. The topological polar surface area (TPSA) is 85.4 Å². The SMILES string of the molecule is C.C.C1=CCCC2OC2CC1.CC1CC/C=C/CCC1.O=C(OC1CC/C=C/CCC1)ON1C(=O)CCC1=O. The molecule has 7 nitrogen and oxygen atoms in total. The van der Waals surface area contributed by atoms with E-state index >= 15 is 0 Å². The van der Waals surface area contributed by atoms with Crippen LogP contribution in [0.5, 0.6) is 0 Å². The van der Waals surface area contributed by atoms with E-state index in [4.69, 9.17) is 9.47 Å². The quantitative estimate of drug-likeness (QED) is 0.149. The largest absolute Gasteiger partial charge is 0.534 e. The van der Waals surface area contributed by atoms with Crippen LogP contribution in [0.4, 0.5) is 4.79 Å². The van der Waals surface area contributed by atoms with Crippen LogP contribution in [0.1, 0.15) is 125 Å². The second-order valence-electron chi connectivity index (χ2n) is 10.6. The fourth-order valence-corrected chi connectivity index (χ4v) is 4.92. The molecule has 222 valence electrons. The van der Waals surface area contributed by atoms with Crippen molar-refractivity contribution in [1.29, 1.82) is 0 Å². The number of hydroxylamine groups is 2. The van der Waals surface area contributed by atoms with Gasteiger partial charge in [-0.05, 0) is 89.4 Å². The summed E-state index contributed by atoms with van der Waals surface area (Å²) >= 11 is 0. The molecule has 7 heteroatoms. The number of epoxide rings is 1. The first-order valence-corrected chi connectivity index (χ1v) is 14.4. The second kappa shape index (κ2) is 19.6. The molecule has 4 unspecified atom stereocenters. The van der Waals surface area contributed by atoms with Gasteiger partial charge in [0.25, 0.3) is 11.8 Å². The van der Waals surface area contributed by atoms with Crippen molar-refractivity contribution in [1.82, 2.24) is 5.06 Å². The number of fused-ring (bicyclic) bond motifs is 1. The minimum Gasteiger partial charge on any atom is -0.429 e. The van der Waals surface area contributed by atoms with Gasteiger partial charge in [-0.2, -0.15) is 0 Å². The zero-order valence-electron chi connectivity index (χ0n) is 22.5. The lowest BCUT2D eigenvalue weighted by molar-refractivity contribution is -0.178. The maximum atomic E-state index is 11.5. The summed E-state index contributed by atoms with van der Waals surface area (Å²) in [6, 6.07) is 0. The van der Waals surface area contributed by atoms with Gasteiger partial charge >= 0.3 is 6.16 Å². The number of imide groups is 1. The average Bonchev–Trinajstić information content (AvgIpc) is 3.49. The Bertz CT molecular complexity index is 784. The number of ether oxygens (including phenoxy) is 2. The van der Waals surface area contributed by atoms with E-state index in [9.17, 15) is 14.4 Å². The summed E-state index contributed by atoms with van der Waals surface area (Å²) < 4.78 is 10.5. The first-order chi connectivity index (χ1) is 18.0. The van der Waals surface area contributed by atoms with E-state index in [0.717, 1.165) is 38.0 Å². The molecule has 0 saturated carbocycles. The fourth-order valence-electron chi connectivity index (χ4n) is 4.92. The molecule has 4 atom stereocenters. The van der Waals surface area contributed by atoms with Gasteiger partial charge in [0.05, 0.1) is 12.2 Å². The van der Waals surface area contributed by atoms with Crippen molar-refractivity contribution in [2.45, 2.75) is 143 Å². The van der Waals surface area contributed by atoms with Gasteiger partial charge in [-0.25, -0.2) is 4.79 Å². The molecule has 0 spiro atoms. The molecule has 0 aromatic heterocycles. The molecule has 2 saturated heterocycles. The van der Waals surface area contributed by atoms with Gasteiger partial charge in [0.1, 0.15) is 6.10 Å². The van der Waals surface area contributed by atoms with Gasteiger partial charge in [-0.1, -0.05) is 69.7 Å². The molecule has 0 aromatic carbocycles. The molecule has 0 aromatic rings. The molecule has 2 fully saturated rings. The lowest BCUT2D eigenvalue weighted by Crippen LogP contribution is -2.33. The third-order valence-corrected chi connectivity index (χ3v) is 7.30. The Labute approximate surface area is 237 Å². The number of allylic oxidation sites excluding steroid dienone is 6. The minimum atomic E-state index is -0.974. The van der Waals surface area contributed by atoms with Gasteiger partial charge in [0.2, 0.25) is 0 Å². The molecule has 2 amide bonds. The summed E-state index contributed by atoms with van der Waals surface area (Å²) in [5, 5.41) is 0.505. The van der Waals surface area contributed by atoms with Crippen LogP contribution in [-0.4, -0.2) is 41.3 Å². The van der Waals surface area contributed by atoms with Crippen LogP contribution < -0.4 is 0 Å². The van der Waals surface area contributed by atoms with Gasteiger partial charge in [-0.3, -0.25) is 14.4 Å². The van der Waals surface area contributed by atoms with Crippen LogP contribution >= 0.6 is 0 Å². The van der Waals surface area contributed by atoms with Crippen molar-refractivity contribution < 1.29 is 28.7 Å². The van der Waals surface area contributed by atoms with Gasteiger partial charge in [0.15, 0.2) is 0 Å². The van der Waals surface area contributed by atoms with E-state index in [2.05, 4.69) is 48.2 Å². The van der Waals surface area contributed by atoms with E-state index in [1.165, 1.54) is 57.8 Å². The Morgan fingerprint density at radius 3 is 1.79 bits per heavy atom. The smallest absolute Gasteiger partial charge is 0.429 e. The number of nitrogens with zero attached hydrogens (tertiary/aromatic N) is 1. The first kappa shape index (κ1) is 34.6. The average molecular weight is 548 g/mol. The molecular weight excluding hydrogens is 494 g/mol. The summed E-state index contributed by atoms with van der Waals surface area (Å²) in [6.45, 7) is 2.36. The summed E-state index contributed by atoms with van der Waals surface area (Å²) in [7, 11) is 0. The Hall–Kier alpha value is -2.41. The standard InChI is InChI=1S/C13H17NO5.C9H16.C8H12O.2CH4/c15-11-8-9-12(16)14(11)19-13(17)18-10-6-4-2-1-3-5-7-10;1-9-7-5-3-2-4-6-8-9;1-2-4-6-8-7(9-8)5-3-1;;/h1-2,10H,3-9H2;2-3,9H,4-8H2,1H3;1-2,7-8H,3-6H2;2*1H4/b2-1+;3-2+;;;. The number of carbonyl (C=O) groups is 3. The maximum absolute atomic E-state index is 11.5. The molecule has 2 aliphatic heterocycles. The van der Waals surface area contributed by atoms with E-state index < -0.39 is 18.0 Å². The zero-order chi connectivity index (χ0) is 26.3. The molecule has 0 N–H and O–H groups in total. The van der Waals surface area contributed by atoms with E-state index in [0.29, 0.717) is 17.3 Å². The molecule has 0 radical (unpaired) electrons. The Morgan fingerprint density at radius 1 is 0.718 bits per heavy atom. The third-order valence-electron chi connectivity index (χ3n) is 7.30. The number of amides is 2. The predicted molar refractivity (Wildman–Crippen MR) is 156 cm³/mol. The second-order valence-corrected chi connectivity index (χ2v) is 10.6. The van der Waals surface area contributed by atoms with E-state index in [1.807, 2.05) is 0 Å². The van der Waals surface area contributed by atoms with Crippen molar-refractivity contribution in [3.63, 3.8) is 0 Å². The Balaban J connectivity index is 0.000000318. The number of rotatable bonds is 2. The molecule has 5 aliphatic rings. The number of hydrogen-bond donors (Lipinski definition) is 0. The highest BCUT2D eigenvalue weighted by molar-refractivity contribution is 6.01. The van der Waals surface area contributed by atoms with E-state index in [-0.39, 0.29) is 33.8 Å². The van der Waals surface area contributed by atoms with Crippen LogP contribution in [-0.2, 0) is 23.9 Å². The van der Waals surface area contributed by atoms with Crippen molar-refractivity contribution >= 4 is 18.0 Å². The van der Waals surface area contributed by atoms with Crippen LogP contribution in [0.25, 0.3) is 0 Å². The highest BCUT2D eigenvalue weighted by Gasteiger charge is 2.37. The molecule has 0 bridgehead atoms. The lowest BCUT2D eigenvalue weighted by atomic mass is 9.96. The summed E-state index contributed by atoms with van der Waals surface area (Å²) in [4.78, 5) is 38.8. The summed E-state index contributed by atoms with van der Waals surface area (Å²) in [6.07, 6.45) is 29.7. The van der Waals surface area contributed by atoms with Crippen LogP contribution in [0.15, 0.2) is 36.5 Å². The molecule has 2 heterocycles. The maximum Gasteiger partial charge on any atom is 0.534 e. The van der Waals surface area contributed by atoms with Gasteiger partial charge in [-0.15, -0.1) is 0 Å². The zero-order valence-corrected chi connectivity index (χ0v) is 22.5. The number of hydrogen-bond acceptors (Lipinski definition) is 6. The van der Waals surface area contributed by atoms with Crippen molar-refractivity contribution in [2.24, 2.45) is 5.92 Å². The Kier molecular flexibility index (Phi) is 17.4. The summed E-state index contributed by atoms with van der Waals surface area (Å²) in [5.74, 6) is -0.0277. The monoisotopic (exact) mass is 547 g/mol. The predicted octanol–water partition coefficient (Wildman–Crippen LogP) is 8.39. The summed E-state index contributed by atoms with van der Waals surface area (Å²) in [5.41, 5.74) is 0.